The van der Waals surface area contributed by atoms with Crippen molar-refractivity contribution in [2.24, 2.45) is 5.92 Å². The predicted molar refractivity (Wildman–Crippen MR) is 125 cm³/mol. The number of hydrogen-bond donors (Lipinski definition) is 1. The number of phenols is 1. The number of nitrogens with zero attached hydrogens (tertiary/aromatic N) is 1. The van der Waals surface area contributed by atoms with E-state index in [1.807, 2.05) is 0 Å². The molecule has 0 aliphatic carbocycles. The van der Waals surface area contributed by atoms with Crippen molar-refractivity contribution in [1.82, 2.24) is 4.31 Å². The summed E-state index contributed by atoms with van der Waals surface area (Å²) in [5.74, 6) is -0.323. The lowest BCUT2D eigenvalue weighted by Gasteiger charge is -2.29. The Morgan fingerprint density at radius 2 is 1.91 bits per heavy atom. The van der Waals surface area contributed by atoms with Gasteiger partial charge in [-0.05, 0) is 49.1 Å². The quantitative estimate of drug-likeness (QED) is 0.387. The van der Waals surface area contributed by atoms with E-state index in [0.29, 0.717) is 34.4 Å². The summed E-state index contributed by atoms with van der Waals surface area (Å²) < 4.78 is 38.5. The van der Waals surface area contributed by atoms with Gasteiger partial charge < -0.3 is 14.3 Å². The molecule has 0 spiro atoms. The Hall–Kier alpha value is -2.69. The van der Waals surface area contributed by atoms with Crippen molar-refractivity contribution >= 4 is 42.9 Å². The fourth-order valence-corrected chi connectivity index (χ4v) is 5.95. The van der Waals surface area contributed by atoms with E-state index in [1.165, 1.54) is 40.7 Å². The smallest absolute Gasteiger partial charge is 0.338 e. The summed E-state index contributed by atoms with van der Waals surface area (Å²) in [6, 6.07) is 9.74. The minimum absolute atomic E-state index is 0.0136. The Kier molecular flexibility index (Phi) is 6.60. The maximum atomic E-state index is 13.1. The van der Waals surface area contributed by atoms with Gasteiger partial charge in [-0.2, -0.15) is 4.31 Å². The van der Waals surface area contributed by atoms with Crippen LogP contribution in [0, 0.1) is 5.92 Å². The van der Waals surface area contributed by atoms with Crippen molar-refractivity contribution in [3.05, 3.63) is 68.5 Å². The molecule has 1 N–H and O–H groups in total. The highest BCUT2D eigenvalue weighted by Gasteiger charge is 2.29. The number of fused-ring (bicyclic) bond motifs is 1. The summed E-state index contributed by atoms with van der Waals surface area (Å²) in [5.41, 5.74) is -0.0100. The van der Waals surface area contributed by atoms with Crippen molar-refractivity contribution in [1.29, 1.82) is 0 Å². The average Bonchev–Trinajstić information content (AvgIpc) is 2.76. The van der Waals surface area contributed by atoms with Gasteiger partial charge in [0.25, 0.3) is 0 Å². The van der Waals surface area contributed by atoms with Crippen LogP contribution in [-0.2, 0) is 21.4 Å². The van der Waals surface area contributed by atoms with E-state index in [4.69, 9.17) is 9.15 Å². The number of halogens is 1. The van der Waals surface area contributed by atoms with Crippen molar-refractivity contribution in [2.45, 2.75) is 31.3 Å². The topological polar surface area (TPSA) is 114 Å². The van der Waals surface area contributed by atoms with E-state index < -0.39 is 21.6 Å². The summed E-state index contributed by atoms with van der Waals surface area (Å²) in [6.45, 7) is 2.74. The van der Waals surface area contributed by atoms with Crippen LogP contribution in [-0.4, -0.2) is 36.9 Å². The summed E-state index contributed by atoms with van der Waals surface area (Å²) in [6.07, 6.45) is 1.58. The van der Waals surface area contributed by atoms with Gasteiger partial charge in [-0.15, -0.1) is 0 Å². The molecule has 1 fully saturated rings. The molecule has 1 aliphatic rings. The Labute approximate surface area is 199 Å². The van der Waals surface area contributed by atoms with Crippen LogP contribution < -0.4 is 5.63 Å². The number of sulfonamides is 1. The van der Waals surface area contributed by atoms with Crippen LogP contribution in [0.4, 0.5) is 0 Å². The van der Waals surface area contributed by atoms with Crippen LogP contribution in [0.2, 0.25) is 0 Å². The number of benzene rings is 2. The first-order valence-electron chi connectivity index (χ1n) is 10.4. The first-order valence-corrected chi connectivity index (χ1v) is 12.6. The third-order valence-corrected chi connectivity index (χ3v) is 7.99. The van der Waals surface area contributed by atoms with Crippen LogP contribution in [0.15, 0.2) is 61.0 Å². The molecule has 0 radical (unpaired) electrons. The summed E-state index contributed by atoms with van der Waals surface area (Å²) in [5, 5.41) is 10.1. The first-order chi connectivity index (χ1) is 15.6. The van der Waals surface area contributed by atoms with Gasteiger partial charge in [0, 0.05) is 40.6 Å². The second-order valence-corrected chi connectivity index (χ2v) is 11.0. The molecule has 0 amide bonds. The third kappa shape index (κ3) is 5.13. The number of piperidine rings is 1. The minimum Gasteiger partial charge on any atom is -0.508 e. The first kappa shape index (κ1) is 23.5. The number of carbonyl (C=O) groups is 1. The molecule has 0 atom stereocenters. The Balaban J connectivity index is 1.57. The van der Waals surface area contributed by atoms with Crippen LogP contribution in [0.3, 0.4) is 0 Å². The van der Waals surface area contributed by atoms with Crippen LogP contribution in [0.25, 0.3) is 11.0 Å². The fraction of sp³-hybridized carbons (Fsp3) is 0.304. The largest absolute Gasteiger partial charge is 0.508 e. The van der Waals surface area contributed by atoms with Crippen LogP contribution in [0.1, 0.15) is 35.7 Å². The number of ether oxygens (including phenoxy) is 1. The lowest BCUT2D eigenvalue weighted by molar-refractivity contribution is 0.0473. The highest BCUT2D eigenvalue weighted by Crippen LogP contribution is 2.27. The van der Waals surface area contributed by atoms with Crippen LogP contribution in [0.5, 0.6) is 5.75 Å². The molecule has 2 aromatic carbocycles. The fourth-order valence-electron chi connectivity index (χ4n) is 3.77. The molecule has 174 valence electrons. The number of carbonyl (C=O) groups excluding carboxylic acids is 1. The van der Waals surface area contributed by atoms with Crippen molar-refractivity contribution in [3.8, 4) is 5.75 Å². The highest BCUT2D eigenvalue weighted by molar-refractivity contribution is 9.10. The monoisotopic (exact) mass is 535 g/mol. The lowest BCUT2D eigenvalue weighted by atomic mass is 10.0. The summed E-state index contributed by atoms with van der Waals surface area (Å²) in [4.78, 5) is 24.6. The number of hydrogen-bond acceptors (Lipinski definition) is 7. The van der Waals surface area contributed by atoms with Gasteiger partial charge in [-0.25, -0.2) is 18.0 Å². The van der Waals surface area contributed by atoms with E-state index in [0.717, 1.165) is 12.8 Å². The van der Waals surface area contributed by atoms with Gasteiger partial charge in [-0.3, -0.25) is 0 Å². The van der Waals surface area contributed by atoms with E-state index >= 15 is 0 Å². The maximum Gasteiger partial charge on any atom is 0.338 e. The molecule has 1 saturated heterocycles. The number of esters is 1. The average molecular weight is 536 g/mol. The maximum absolute atomic E-state index is 13.1. The Morgan fingerprint density at radius 3 is 2.64 bits per heavy atom. The number of phenolic OH excluding ortho intramolecular Hbond substituents is 1. The molecule has 0 saturated carbocycles. The molecule has 4 rings (SSSR count). The molecule has 8 nitrogen and oxygen atoms in total. The van der Waals surface area contributed by atoms with E-state index in [-0.39, 0.29) is 28.4 Å². The zero-order valence-electron chi connectivity index (χ0n) is 17.8. The number of aromatic hydroxyl groups is 1. The lowest BCUT2D eigenvalue weighted by Crippen LogP contribution is -2.37. The van der Waals surface area contributed by atoms with Gasteiger partial charge in [-0.1, -0.05) is 22.9 Å². The molecule has 3 aromatic rings. The third-order valence-electron chi connectivity index (χ3n) is 5.66. The molecular formula is C23H22BrNO7S. The van der Waals surface area contributed by atoms with E-state index in [1.54, 1.807) is 6.07 Å². The molecule has 2 heterocycles. The van der Waals surface area contributed by atoms with Crippen LogP contribution >= 0.6 is 15.9 Å². The van der Waals surface area contributed by atoms with Crippen molar-refractivity contribution in [2.75, 3.05) is 13.1 Å². The highest BCUT2D eigenvalue weighted by atomic mass is 79.9. The van der Waals surface area contributed by atoms with Crippen molar-refractivity contribution in [3.63, 3.8) is 0 Å². The predicted octanol–water partition coefficient (Wildman–Crippen LogP) is 4.04. The SMILES string of the molecule is CC1CCN(S(=O)(=O)c2cc(Br)cc(C(=O)OCc3cc(=O)oc4cc(O)ccc34)c2)CC1. The second-order valence-electron chi connectivity index (χ2n) is 8.11. The summed E-state index contributed by atoms with van der Waals surface area (Å²) in [7, 11) is -3.75. The van der Waals surface area contributed by atoms with Gasteiger partial charge in [0.2, 0.25) is 10.0 Å². The van der Waals surface area contributed by atoms with Gasteiger partial charge >= 0.3 is 11.6 Å². The Morgan fingerprint density at radius 1 is 1.18 bits per heavy atom. The molecule has 10 heteroatoms. The molecular weight excluding hydrogens is 514 g/mol. The molecule has 0 bridgehead atoms. The Bertz CT molecular complexity index is 1380. The van der Waals surface area contributed by atoms with E-state index in [2.05, 4.69) is 22.9 Å². The molecule has 1 aliphatic heterocycles. The van der Waals surface area contributed by atoms with Gasteiger partial charge in [0.15, 0.2) is 0 Å². The standard InChI is InChI=1S/C23H22BrNO7S/c1-14-4-6-25(7-5-14)33(29,30)19-9-15(8-17(24)11-19)23(28)31-13-16-10-22(27)32-21-12-18(26)2-3-20(16)21/h2-3,8-12,14,26H,4-7,13H2,1H3. The van der Waals surface area contributed by atoms with Gasteiger partial charge in [0.05, 0.1) is 10.5 Å². The summed E-state index contributed by atoms with van der Waals surface area (Å²) >= 11 is 3.28. The minimum atomic E-state index is -3.75. The number of rotatable bonds is 5. The molecule has 33 heavy (non-hydrogen) atoms. The second kappa shape index (κ2) is 9.28. The molecule has 0 unspecified atom stereocenters. The van der Waals surface area contributed by atoms with E-state index in [9.17, 15) is 23.1 Å². The normalized spacial score (nSPS) is 15.6. The van der Waals surface area contributed by atoms with Crippen molar-refractivity contribution < 1.29 is 27.5 Å². The molecule has 1 aromatic heterocycles. The van der Waals surface area contributed by atoms with Gasteiger partial charge in [0.1, 0.15) is 17.9 Å². The zero-order valence-corrected chi connectivity index (χ0v) is 20.2. The zero-order chi connectivity index (χ0) is 23.8.